The molecule has 3 N–H and O–H groups in total. The number of aryl methyl sites for hydroxylation is 1. The molecular formula is C23H22FN5O3. The van der Waals surface area contributed by atoms with Gasteiger partial charge in [0.15, 0.2) is 0 Å². The van der Waals surface area contributed by atoms with Crippen molar-refractivity contribution >= 4 is 28.4 Å². The highest BCUT2D eigenvalue weighted by atomic mass is 19.1. The van der Waals surface area contributed by atoms with Crippen molar-refractivity contribution in [2.45, 2.75) is 6.92 Å². The van der Waals surface area contributed by atoms with E-state index in [4.69, 9.17) is 4.74 Å². The van der Waals surface area contributed by atoms with Crippen molar-refractivity contribution in [2.75, 3.05) is 30.5 Å². The highest BCUT2D eigenvalue weighted by Crippen LogP contribution is 2.30. The van der Waals surface area contributed by atoms with Crippen LogP contribution < -0.4 is 15.0 Å². The van der Waals surface area contributed by atoms with Crippen LogP contribution >= 0.6 is 0 Å². The summed E-state index contributed by atoms with van der Waals surface area (Å²) in [4.78, 5) is 25.8. The number of carbonyl (C=O) groups is 1. The van der Waals surface area contributed by atoms with E-state index in [1.165, 1.54) is 30.5 Å². The number of hydrogen-bond acceptors (Lipinski definition) is 5. The van der Waals surface area contributed by atoms with Crippen LogP contribution in [-0.2, 0) is 0 Å². The van der Waals surface area contributed by atoms with Crippen LogP contribution in [0.5, 0.6) is 5.75 Å². The Bertz CT molecular complexity index is 1270. The minimum absolute atomic E-state index is 0.0145. The lowest BCUT2D eigenvalue weighted by Gasteiger charge is -2.23. The normalized spacial score (nSPS) is 10.9. The van der Waals surface area contributed by atoms with E-state index in [0.717, 1.165) is 10.9 Å². The summed E-state index contributed by atoms with van der Waals surface area (Å²) < 4.78 is 20.1. The molecule has 4 rings (SSSR count). The topological polar surface area (TPSA) is 103 Å². The average molecular weight is 435 g/mol. The molecule has 0 saturated carbocycles. The number of anilines is 2. The van der Waals surface area contributed by atoms with Crippen LogP contribution in [0.25, 0.3) is 22.3 Å². The first-order chi connectivity index (χ1) is 15.5. The smallest absolute Gasteiger partial charge is 0.326 e. The van der Waals surface area contributed by atoms with Crippen molar-refractivity contribution in [2.24, 2.45) is 0 Å². The van der Waals surface area contributed by atoms with Gasteiger partial charge in [-0.05, 0) is 36.8 Å². The van der Waals surface area contributed by atoms with Gasteiger partial charge in [-0.15, -0.1) is 0 Å². The average Bonchev–Trinajstić information content (AvgIpc) is 3.19. The Morgan fingerprint density at radius 2 is 2.09 bits per heavy atom. The Hall–Kier alpha value is -3.98. The third-order valence-electron chi connectivity index (χ3n) is 5.08. The number of H-pyrrole nitrogens is 1. The molecule has 32 heavy (non-hydrogen) atoms. The van der Waals surface area contributed by atoms with E-state index in [9.17, 15) is 14.3 Å². The molecule has 164 valence electrons. The predicted octanol–water partition coefficient (Wildman–Crippen LogP) is 4.11. The first-order valence-electron chi connectivity index (χ1n) is 9.94. The number of rotatable bonds is 6. The van der Waals surface area contributed by atoms with E-state index in [0.29, 0.717) is 28.3 Å². The van der Waals surface area contributed by atoms with Gasteiger partial charge in [-0.25, -0.2) is 19.2 Å². The fourth-order valence-corrected chi connectivity index (χ4v) is 3.51. The van der Waals surface area contributed by atoms with Crippen LogP contribution in [-0.4, -0.2) is 46.4 Å². The monoisotopic (exact) mass is 435 g/mol. The minimum Gasteiger partial charge on any atom is -0.497 e. The number of carbonyl (C=O) groups excluding carboxylic acids is 1. The van der Waals surface area contributed by atoms with Crippen molar-refractivity contribution in [3.8, 4) is 17.0 Å². The maximum atomic E-state index is 14.9. The van der Waals surface area contributed by atoms with E-state index >= 15 is 0 Å². The number of aromatic amines is 1. The zero-order chi connectivity index (χ0) is 22.7. The first kappa shape index (κ1) is 21.3. The molecule has 9 heteroatoms. The molecule has 0 unspecified atom stereocenters. The second-order valence-electron chi connectivity index (χ2n) is 7.12. The molecule has 8 nitrogen and oxygen atoms in total. The molecule has 0 atom stereocenters. The second-order valence-corrected chi connectivity index (χ2v) is 7.12. The molecule has 2 amide bonds. The van der Waals surface area contributed by atoms with Gasteiger partial charge in [-0.1, -0.05) is 12.1 Å². The zero-order valence-corrected chi connectivity index (χ0v) is 17.6. The summed E-state index contributed by atoms with van der Waals surface area (Å²) in [6, 6.07) is 10.8. The van der Waals surface area contributed by atoms with Gasteiger partial charge in [0, 0.05) is 28.9 Å². The van der Waals surface area contributed by atoms with E-state index in [1.54, 1.807) is 30.3 Å². The highest BCUT2D eigenvalue weighted by molar-refractivity contribution is 6.02. The lowest BCUT2D eigenvalue weighted by molar-refractivity contribution is 0.252. The maximum Gasteiger partial charge on any atom is 0.326 e. The molecule has 2 aromatic carbocycles. The van der Waals surface area contributed by atoms with Crippen LogP contribution in [0.2, 0.25) is 0 Å². The van der Waals surface area contributed by atoms with Gasteiger partial charge in [-0.3, -0.25) is 4.90 Å². The Morgan fingerprint density at radius 1 is 1.25 bits per heavy atom. The molecule has 0 spiro atoms. The quantitative estimate of drug-likeness (QED) is 0.423. The number of urea groups is 1. The molecule has 0 radical (unpaired) electrons. The summed E-state index contributed by atoms with van der Waals surface area (Å²) in [5.41, 5.74) is 3.31. The van der Waals surface area contributed by atoms with Crippen molar-refractivity contribution in [1.82, 2.24) is 15.0 Å². The Balaban J connectivity index is 1.61. The highest BCUT2D eigenvalue weighted by Gasteiger charge is 2.19. The van der Waals surface area contributed by atoms with Gasteiger partial charge in [0.05, 0.1) is 31.6 Å². The van der Waals surface area contributed by atoms with E-state index < -0.39 is 11.8 Å². The number of benzene rings is 2. The molecule has 2 aromatic heterocycles. The molecule has 0 aliphatic rings. The molecule has 2 heterocycles. The number of nitrogens with one attached hydrogen (secondary N) is 2. The maximum absolute atomic E-state index is 14.9. The van der Waals surface area contributed by atoms with Crippen molar-refractivity contribution in [3.05, 3.63) is 66.4 Å². The standard InChI is InChI=1S/C23H22FN5O3/c1-14-12-25-22-20(14)21(26-13-27-22)15-6-7-19(18(24)10-15)28-23(31)29(8-9-30)16-4-3-5-17(11-16)32-2/h3-7,10-13,30H,8-9H2,1-2H3,(H,28,31)(H,25,26,27). The van der Waals surface area contributed by atoms with Crippen LogP contribution in [0.4, 0.5) is 20.6 Å². The van der Waals surface area contributed by atoms with Crippen LogP contribution in [0.1, 0.15) is 5.56 Å². The summed E-state index contributed by atoms with van der Waals surface area (Å²) in [5, 5.41) is 12.8. The predicted molar refractivity (Wildman–Crippen MR) is 120 cm³/mol. The van der Waals surface area contributed by atoms with E-state index in [-0.39, 0.29) is 18.8 Å². The van der Waals surface area contributed by atoms with Gasteiger partial charge >= 0.3 is 6.03 Å². The number of ether oxygens (including phenoxy) is 1. The van der Waals surface area contributed by atoms with Crippen molar-refractivity contribution in [3.63, 3.8) is 0 Å². The molecule has 0 aliphatic heterocycles. The van der Waals surface area contributed by atoms with Gasteiger partial charge in [-0.2, -0.15) is 0 Å². The molecule has 0 saturated heterocycles. The number of aromatic nitrogens is 3. The second kappa shape index (κ2) is 9.03. The Morgan fingerprint density at radius 3 is 2.84 bits per heavy atom. The zero-order valence-electron chi connectivity index (χ0n) is 17.6. The summed E-state index contributed by atoms with van der Waals surface area (Å²) in [6.07, 6.45) is 3.24. The lowest BCUT2D eigenvalue weighted by Crippen LogP contribution is -2.37. The Kier molecular flexibility index (Phi) is 6.00. The van der Waals surface area contributed by atoms with E-state index in [1.807, 2.05) is 13.1 Å². The number of hydrogen-bond donors (Lipinski definition) is 3. The SMILES string of the molecule is COc1cccc(N(CCO)C(=O)Nc2ccc(-c3ncnc4[nH]cc(C)c34)cc2F)c1. The van der Waals surface area contributed by atoms with Gasteiger partial charge in [0.1, 0.15) is 23.5 Å². The molecule has 0 fully saturated rings. The van der Waals surface area contributed by atoms with E-state index in [2.05, 4.69) is 20.3 Å². The summed E-state index contributed by atoms with van der Waals surface area (Å²) in [7, 11) is 1.52. The third-order valence-corrected chi connectivity index (χ3v) is 5.08. The molecule has 0 aliphatic carbocycles. The fourth-order valence-electron chi connectivity index (χ4n) is 3.51. The number of halogens is 1. The number of amides is 2. The molecule has 0 bridgehead atoms. The number of nitrogens with zero attached hydrogens (tertiary/aromatic N) is 3. The van der Waals surface area contributed by atoms with Gasteiger partial charge in [0.2, 0.25) is 0 Å². The fraction of sp³-hybridized carbons (Fsp3) is 0.174. The van der Waals surface area contributed by atoms with Crippen LogP contribution in [0, 0.1) is 12.7 Å². The lowest BCUT2D eigenvalue weighted by atomic mass is 10.1. The van der Waals surface area contributed by atoms with Gasteiger partial charge in [0.25, 0.3) is 0 Å². The largest absolute Gasteiger partial charge is 0.497 e. The van der Waals surface area contributed by atoms with Crippen molar-refractivity contribution in [1.29, 1.82) is 0 Å². The third kappa shape index (κ3) is 4.10. The molecule has 4 aromatic rings. The number of aliphatic hydroxyl groups is 1. The van der Waals surface area contributed by atoms with Gasteiger partial charge < -0.3 is 20.1 Å². The van der Waals surface area contributed by atoms with Crippen LogP contribution in [0.3, 0.4) is 0 Å². The number of fused-ring (bicyclic) bond motifs is 1. The van der Waals surface area contributed by atoms with Crippen molar-refractivity contribution < 1.29 is 19.0 Å². The summed E-state index contributed by atoms with van der Waals surface area (Å²) in [6.45, 7) is 1.70. The minimum atomic E-state index is -0.606. The van der Waals surface area contributed by atoms with Crippen LogP contribution in [0.15, 0.2) is 55.0 Å². The summed E-state index contributed by atoms with van der Waals surface area (Å²) >= 11 is 0. The number of methoxy groups -OCH3 is 1. The molecular weight excluding hydrogens is 413 g/mol. The summed E-state index contributed by atoms with van der Waals surface area (Å²) in [5.74, 6) is -0.0459. The number of aliphatic hydroxyl groups excluding tert-OH is 1. The Labute approximate surface area is 183 Å². The first-order valence-corrected chi connectivity index (χ1v) is 9.94.